The first-order chi connectivity index (χ1) is 13.2. The number of nitrogen functional groups attached to an aromatic ring is 1. The lowest BCUT2D eigenvalue weighted by Crippen LogP contribution is -2.44. The second kappa shape index (κ2) is 7.81. The summed E-state index contributed by atoms with van der Waals surface area (Å²) in [6, 6.07) is -1.14. The molecular formula is C14H18ClN7O6. The normalized spacial score (nSPS) is 25.7. The number of carbonyl (C=O) groups is 2. The number of anilines is 1. The molecule has 0 bridgehead atoms. The van der Waals surface area contributed by atoms with Crippen LogP contribution in [0.3, 0.4) is 0 Å². The molecule has 0 radical (unpaired) electrons. The minimum atomic E-state index is -1.55. The smallest absolute Gasteiger partial charge is 0.320 e. The number of nitrogens with two attached hydrogens (primary N) is 2. The summed E-state index contributed by atoms with van der Waals surface area (Å²) in [7, 11) is 0. The molecule has 1 saturated heterocycles. The molecule has 13 nitrogen and oxygen atoms in total. The van der Waals surface area contributed by atoms with Gasteiger partial charge in [0.05, 0.1) is 6.33 Å². The molecule has 0 saturated carbocycles. The van der Waals surface area contributed by atoms with Crippen LogP contribution in [0.1, 0.15) is 12.6 Å². The maximum atomic E-state index is 12.3. The van der Waals surface area contributed by atoms with Gasteiger partial charge in [-0.25, -0.2) is 4.98 Å². The monoisotopic (exact) mass is 415 g/mol. The van der Waals surface area contributed by atoms with Gasteiger partial charge in [-0.1, -0.05) is 0 Å². The van der Waals surface area contributed by atoms with E-state index >= 15 is 0 Å². The maximum absolute atomic E-state index is 12.3. The van der Waals surface area contributed by atoms with Gasteiger partial charge in [-0.05, 0) is 18.0 Å². The molecule has 0 aromatic carbocycles. The van der Waals surface area contributed by atoms with Crippen molar-refractivity contribution in [1.82, 2.24) is 24.8 Å². The Balaban J connectivity index is 1.74. The van der Waals surface area contributed by atoms with E-state index in [9.17, 15) is 19.8 Å². The van der Waals surface area contributed by atoms with E-state index in [-0.39, 0.29) is 35.2 Å². The van der Waals surface area contributed by atoms with E-state index in [1.807, 2.05) is 0 Å². The quantitative estimate of drug-likeness (QED) is 0.273. The topological polar surface area (TPSA) is 212 Å². The highest BCUT2D eigenvalue weighted by molar-refractivity contribution is 6.28. The minimum Gasteiger partial charge on any atom is -0.480 e. The molecule has 1 aliphatic heterocycles. The summed E-state index contributed by atoms with van der Waals surface area (Å²) in [6.07, 6.45) is -4.39. The molecule has 1 fully saturated rings. The van der Waals surface area contributed by atoms with Gasteiger partial charge in [0.1, 0.15) is 23.8 Å². The van der Waals surface area contributed by atoms with Crippen LogP contribution in [0, 0.1) is 0 Å². The van der Waals surface area contributed by atoms with Gasteiger partial charge in [0.2, 0.25) is 5.28 Å². The number of ether oxygens (including phenoxy) is 1. The largest absolute Gasteiger partial charge is 0.480 e. The second-order valence-electron chi connectivity index (χ2n) is 6.15. The fraction of sp³-hybridized carbons (Fsp3) is 0.500. The SMILES string of the molecule is Nc1nc(Cl)nc2c1ncn2C1OC(C(=O)NCCC(N)C(=O)O)C(O)C1O. The fourth-order valence-corrected chi connectivity index (χ4v) is 2.95. The number of aliphatic hydroxyl groups excluding tert-OH is 2. The summed E-state index contributed by atoms with van der Waals surface area (Å²) in [5, 5.41) is 31.5. The van der Waals surface area contributed by atoms with E-state index in [2.05, 4.69) is 20.3 Å². The van der Waals surface area contributed by atoms with E-state index in [1.165, 1.54) is 10.9 Å². The van der Waals surface area contributed by atoms with Crippen LogP contribution in [0.4, 0.5) is 5.82 Å². The Hall–Kier alpha value is -2.58. The van der Waals surface area contributed by atoms with Crippen LogP contribution in [0.25, 0.3) is 11.2 Å². The van der Waals surface area contributed by atoms with Gasteiger partial charge in [-0.2, -0.15) is 9.97 Å². The third-order valence-corrected chi connectivity index (χ3v) is 4.43. The number of imidazole rings is 1. The van der Waals surface area contributed by atoms with E-state index < -0.39 is 42.5 Å². The Morgan fingerprint density at radius 1 is 1.36 bits per heavy atom. The number of aliphatic carboxylic acids is 1. The van der Waals surface area contributed by atoms with Crippen LogP contribution in [0.15, 0.2) is 6.33 Å². The zero-order chi connectivity index (χ0) is 20.6. The Morgan fingerprint density at radius 3 is 2.75 bits per heavy atom. The maximum Gasteiger partial charge on any atom is 0.320 e. The summed E-state index contributed by atoms with van der Waals surface area (Å²) >= 11 is 5.80. The molecule has 2 aromatic heterocycles. The predicted octanol–water partition coefficient (Wildman–Crippen LogP) is -2.40. The van der Waals surface area contributed by atoms with Gasteiger partial charge in [0, 0.05) is 6.54 Å². The van der Waals surface area contributed by atoms with E-state index in [4.69, 9.17) is 32.9 Å². The number of aromatic nitrogens is 4. The van der Waals surface area contributed by atoms with Crippen molar-refractivity contribution in [3.8, 4) is 0 Å². The zero-order valence-corrected chi connectivity index (χ0v) is 15.0. The first-order valence-corrected chi connectivity index (χ1v) is 8.51. The molecule has 1 amide bonds. The van der Waals surface area contributed by atoms with Gasteiger partial charge < -0.3 is 36.8 Å². The van der Waals surface area contributed by atoms with Crippen LogP contribution >= 0.6 is 11.6 Å². The van der Waals surface area contributed by atoms with E-state index in [0.717, 1.165) is 0 Å². The Labute approximate surface area is 162 Å². The van der Waals surface area contributed by atoms with Crippen molar-refractivity contribution in [2.24, 2.45) is 5.73 Å². The van der Waals surface area contributed by atoms with Crippen LogP contribution in [0.2, 0.25) is 5.28 Å². The summed E-state index contributed by atoms with van der Waals surface area (Å²) in [5.74, 6) is -1.91. The molecule has 0 spiro atoms. The number of carboxylic acid groups (broad SMARTS) is 1. The van der Waals surface area contributed by atoms with Crippen LogP contribution < -0.4 is 16.8 Å². The van der Waals surface area contributed by atoms with Gasteiger partial charge in [0.15, 0.2) is 23.8 Å². The highest BCUT2D eigenvalue weighted by Crippen LogP contribution is 2.32. The summed E-state index contributed by atoms with van der Waals surface area (Å²) in [6.45, 7) is -0.0486. The van der Waals surface area contributed by atoms with Gasteiger partial charge in [-0.15, -0.1) is 0 Å². The number of aliphatic hydroxyl groups is 2. The number of nitrogens with one attached hydrogen (secondary N) is 1. The fourth-order valence-electron chi connectivity index (χ4n) is 2.78. The summed E-state index contributed by atoms with van der Waals surface area (Å²) in [5.41, 5.74) is 11.4. The number of hydrogen-bond acceptors (Lipinski definition) is 10. The molecule has 3 rings (SSSR count). The standard InChI is InChI=1S/C14H18ClN7O6/c15-14-20-9(17)5-10(21-14)22(3-19-5)12-7(24)6(23)8(28-12)11(25)18-2-1-4(16)13(26)27/h3-4,6-8,12,23-24H,1-2,16H2,(H,18,25)(H,26,27)(H2,17,20,21). The van der Waals surface area contributed by atoms with Crippen LogP contribution in [-0.2, 0) is 14.3 Å². The average Bonchev–Trinajstić information content (AvgIpc) is 3.16. The average molecular weight is 416 g/mol. The van der Waals surface area contributed by atoms with Crippen molar-refractivity contribution in [1.29, 1.82) is 0 Å². The lowest BCUT2D eigenvalue weighted by atomic mass is 10.1. The van der Waals surface area contributed by atoms with Crippen molar-refractivity contribution in [3.05, 3.63) is 11.6 Å². The zero-order valence-electron chi connectivity index (χ0n) is 14.3. The number of hydrogen-bond donors (Lipinski definition) is 6. The number of amides is 1. The molecular weight excluding hydrogens is 398 g/mol. The first kappa shape index (κ1) is 20.2. The number of carboxylic acids is 1. The lowest BCUT2D eigenvalue weighted by molar-refractivity contribution is -0.140. The van der Waals surface area contributed by atoms with Gasteiger partial charge in [0.25, 0.3) is 5.91 Å². The molecule has 0 aliphatic carbocycles. The highest BCUT2D eigenvalue weighted by Gasteiger charge is 2.47. The molecule has 5 atom stereocenters. The van der Waals surface area contributed by atoms with Crippen LogP contribution in [-0.4, -0.2) is 77.6 Å². The molecule has 3 heterocycles. The molecule has 28 heavy (non-hydrogen) atoms. The molecule has 152 valence electrons. The number of nitrogens with zero attached hydrogens (tertiary/aromatic N) is 4. The number of carbonyl (C=O) groups excluding carboxylic acids is 1. The van der Waals surface area contributed by atoms with E-state index in [1.54, 1.807) is 0 Å². The molecule has 1 aliphatic rings. The van der Waals surface area contributed by atoms with E-state index in [0.29, 0.717) is 0 Å². The molecule has 8 N–H and O–H groups in total. The molecule has 5 unspecified atom stereocenters. The number of fused-ring (bicyclic) bond motifs is 1. The first-order valence-electron chi connectivity index (χ1n) is 8.14. The Morgan fingerprint density at radius 2 is 2.07 bits per heavy atom. The third-order valence-electron chi connectivity index (χ3n) is 4.26. The van der Waals surface area contributed by atoms with Crippen molar-refractivity contribution in [3.63, 3.8) is 0 Å². The molecule has 14 heteroatoms. The summed E-state index contributed by atoms with van der Waals surface area (Å²) in [4.78, 5) is 34.7. The lowest BCUT2D eigenvalue weighted by Gasteiger charge is -2.16. The highest BCUT2D eigenvalue weighted by atomic mass is 35.5. The summed E-state index contributed by atoms with van der Waals surface area (Å²) < 4.78 is 6.78. The molecule has 2 aromatic rings. The van der Waals surface area contributed by atoms with Crippen molar-refractivity contribution < 1.29 is 29.6 Å². The number of halogens is 1. The van der Waals surface area contributed by atoms with Crippen molar-refractivity contribution in [2.75, 3.05) is 12.3 Å². The van der Waals surface area contributed by atoms with Crippen molar-refractivity contribution >= 4 is 40.5 Å². The minimum absolute atomic E-state index is 0.0171. The van der Waals surface area contributed by atoms with Gasteiger partial charge in [-0.3, -0.25) is 14.2 Å². The van der Waals surface area contributed by atoms with Gasteiger partial charge >= 0.3 is 5.97 Å². The predicted molar refractivity (Wildman–Crippen MR) is 93.9 cm³/mol. The number of rotatable bonds is 6. The van der Waals surface area contributed by atoms with Crippen molar-refractivity contribution in [2.45, 2.75) is 37.0 Å². The second-order valence-corrected chi connectivity index (χ2v) is 6.49. The third kappa shape index (κ3) is 3.70. The Bertz CT molecular complexity index is 908. The van der Waals surface area contributed by atoms with Crippen LogP contribution in [0.5, 0.6) is 0 Å². The Kier molecular flexibility index (Phi) is 5.62.